The lowest BCUT2D eigenvalue weighted by atomic mass is 9.95. The molecule has 7 rings (SSSR count). The lowest BCUT2D eigenvalue weighted by Crippen LogP contribution is -2.69. The molecule has 3 heterocycles. The molecule has 1 N–H and O–H groups in total. The van der Waals surface area contributed by atoms with E-state index in [1.54, 1.807) is 67.6 Å². The summed E-state index contributed by atoms with van der Waals surface area (Å²) in [6.45, 7) is 3.74. The van der Waals surface area contributed by atoms with Crippen molar-refractivity contribution >= 4 is 64.4 Å². The molecule has 1 unspecified atom stereocenters. The van der Waals surface area contributed by atoms with Crippen molar-refractivity contribution in [1.82, 2.24) is 5.32 Å². The first kappa shape index (κ1) is 44.3. The molecule has 0 aromatic heterocycles. The number of alkyl halides is 3. The molecule has 60 heavy (non-hydrogen) atoms. The number of nitrogens with one attached hydrogen (secondary N) is 1. The van der Waals surface area contributed by atoms with Crippen molar-refractivity contribution in [2.45, 2.75) is 91.0 Å². The Labute approximate surface area is 367 Å². The molecule has 11 atom stereocenters. The lowest BCUT2D eigenvalue weighted by Gasteiger charge is -2.52. The number of hydrogen-bond acceptors (Lipinski definition) is 12. The number of halogens is 3. The number of amides is 1. The van der Waals surface area contributed by atoms with Crippen LogP contribution in [-0.4, -0.2) is 94.5 Å². The van der Waals surface area contributed by atoms with E-state index in [9.17, 15) is 14.4 Å². The zero-order valence-electron chi connectivity index (χ0n) is 32.6. The van der Waals surface area contributed by atoms with Gasteiger partial charge in [-0.1, -0.05) is 139 Å². The molecule has 16 heteroatoms. The molecule has 0 spiro atoms. The van der Waals surface area contributed by atoms with Crippen LogP contribution in [0.25, 0.3) is 0 Å². The summed E-state index contributed by atoms with van der Waals surface area (Å²) >= 11 is 19.7. The Bertz CT molecular complexity index is 2020. The molecule has 1 amide bonds. The van der Waals surface area contributed by atoms with E-state index in [1.165, 1.54) is 11.8 Å². The summed E-state index contributed by atoms with van der Waals surface area (Å²) in [4.78, 5) is 41.1. The average molecular weight is 901 g/mol. The summed E-state index contributed by atoms with van der Waals surface area (Å²) in [6.07, 6.45) is -9.48. The molecule has 0 radical (unpaired) electrons. The average Bonchev–Trinajstić information content (AvgIpc) is 3.26. The van der Waals surface area contributed by atoms with Crippen LogP contribution in [-0.2, 0) is 49.3 Å². The lowest BCUT2D eigenvalue weighted by molar-refractivity contribution is -0.357. The summed E-state index contributed by atoms with van der Waals surface area (Å²) in [6, 6.07) is 34.5. The van der Waals surface area contributed by atoms with Crippen LogP contribution in [0.4, 0.5) is 0 Å². The highest BCUT2D eigenvalue weighted by Gasteiger charge is 2.57. The molecule has 0 aliphatic carbocycles. The Morgan fingerprint density at radius 2 is 1.30 bits per heavy atom. The summed E-state index contributed by atoms with van der Waals surface area (Å²) in [5, 5.41) is 2.85. The van der Waals surface area contributed by atoms with Crippen molar-refractivity contribution in [3.63, 3.8) is 0 Å². The smallest absolute Gasteiger partial charge is 0.338 e. The Kier molecular flexibility index (Phi) is 15.1. The first-order valence-electron chi connectivity index (χ1n) is 19.5. The zero-order chi connectivity index (χ0) is 42.2. The summed E-state index contributed by atoms with van der Waals surface area (Å²) in [5.41, 5.74) is 1.33. The van der Waals surface area contributed by atoms with Crippen molar-refractivity contribution in [2.75, 3.05) is 12.4 Å². The molecule has 3 saturated heterocycles. The van der Waals surface area contributed by atoms with Gasteiger partial charge in [0.1, 0.15) is 29.9 Å². The quantitative estimate of drug-likeness (QED) is 0.105. The molecule has 0 bridgehead atoms. The molecule has 4 aromatic carbocycles. The fourth-order valence-corrected chi connectivity index (χ4v) is 8.36. The number of thioether (sulfide) groups is 1. The Hall–Kier alpha value is -3.73. The van der Waals surface area contributed by atoms with E-state index < -0.39 is 88.4 Å². The van der Waals surface area contributed by atoms with E-state index in [1.807, 2.05) is 67.6 Å². The Morgan fingerprint density at radius 1 is 0.733 bits per heavy atom. The van der Waals surface area contributed by atoms with E-state index in [-0.39, 0.29) is 24.3 Å². The number of benzene rings is 4. The second-order valence-electron chi connectivity index (χ2n) is 14.2. The number of carbonyl (C=O) groups is 3. The molecular formula is C44H44Cl3NO11S. The number of esters is 2. The van der Waals surface area contributed by atoms with Gasteiger partial charge in [0.05, 0.1) is 36.5 Å². The van der Waals surface area contributed by atoms with Gasteiger partial charge in [-0.2, -0.15) is 0 Å². The van der Waals surface area contributed by atoms with Gasteiger partial charge in [0, 0.05) is 5.56 Å². The monoisotopic (exact) mass is 899 g/mol. The van der Waals surface area contributed by atoms with Gasteiger partial charge in [-0.15, -0.1) is 11.8 Å². The third-order valence-corrected chi connectivity index (χ3v) is 11.7. The highest BCUT2D eigenvalue weighted by molar-refractivity contribution is 7.99. The Balaban J connectivity index is 1.29. The van der Waals surface area contributed by atoms with Gasteiger partial charge in [0.2, 0.25) is 0 Å². The van der Waals surface area contributed by atoms with Gasteiger partial charge in [-0.05, 0) is 42.5 Å². The number of fused-ring (bicyclic) bond motifs is 1. The predicted octanol–water partition coefficient (Wildman–Crippen LogP) is 7.60. The van der Waals surface area contributed by atoms with Gasteiger partial charge < -0.3 is 43.2 Å². The maximum Gasteiger partial charge on any atom is 0.338 e. The first-order chi connectivity index (χ1) is 29.0. The van der Waals surface area contributed by atoms with Crippen LogP contribution < -0.4 is 5.32 Å². The van der Waals surface area contributed by atoms with E-state index in [0.29, 0.717) is 5.75 Å². The third kappa shape index (κ3) is 10.8. The Morgan fingerprint density at radius 3 is 1.88 bits per heavy atom. The minimum atomic E-state index is -2.34. The molecule has 3 fully saturated rings. The van der Waals surface area contributed by atoms with E-state index >= 15 is 0 Å². The van der Waals surface area contributed by atoms with E-state index in [2.05, 4.69) is 5.32 Å². The summed E-state index contributed by atoms with van der Waals surface area (Å²) < 4.78 is 49.7. The number of rotatable bonds is 13. The molecule has 3 aliphatic rings. The predicted molar refractivity (Wildman–Crippen MR) is 225 cm³/mol. The van der Waals surface area contributed by atoms with Crippen LogP contribution in [0.5, 0.6) is 0 Å². The third-order valence-electron chi connectivity index (χ3n) is 10.1. The van der Waals surface area contributed by atoms with Gasteiger partial charge in [-0.3, -0.25) is 4.79 Å². The highest BCUT2D eigenvalue weighted by atomic mass is 35.6. The maximum absolute atomic E-state index is 13.9. The van der Waals surface area contributed by atoms with Crippen LogP contribution >= 0.6 is 46.6 Å². The minimum Gasteiger partial charge on any atom is -0.452 e. The topological polar surface area (TPSA) is 137 Å². The van der Waals surface area contributed by atoms with Gasteiger partial charge >= 0.3 is 11.9 Å². The molecule has 3 aliphatic heterocycles. The van der Waals surface area contributed by atoms with Crippen LogP contribution in [0.2, 0.25) is 0 Å². The second-order valence-corrected chi connectivity index (χ2v) is 17.9. The van der Waals surface area contributed by atoms with Gasteiger partial charge in [-0.25, -0.2) is 9.59 Å². The van der Waals surface area contributed by atoms with Crippen molar-refractivity contribution in [3.8, 4) is 0 Å². The first-order valence-corrected chi connectivity index (χ1v) is 21.6. The molecule has 0 saturated carbocycles. The van der Waals surface area contributed by atoms with Crippen molar-refractivity contribution in [1.29, 1.82) is 0 Å². The summed E-state index contributed by atoms with van der Waals surface area (Å²) in [5.74, 6) is -1.70. The number of hydrogen-bond donors (Lipinski definition) is 1. The van der Waals surface area contributed by atoms with Gasteiger partial charge in [0.25, 0.3) is 9.70 Å². The maximum atomic E-state index is 13.9. The number of ether oxygens (including phenoxy) is 8. The SMILES string of the molecule is CCS[C@@H]1O[C@@H]2COC(c3ccccc3)O[C@H]2[C@H](O[C@@H]2O[C@@H](C)[C@@H](OC(=O)c3ccccc3)[C@@H](OC(=O)c3ccccc3)[C@@H]2OCc2ccccc2)[C@H]1NC(=O)C(Cl)(Cl)Cl. The number of carbonyl (C=O) groups excluding carboxylic acids is 3. The fraction of sp³-hybridized carbons (Fsp3) is 0.386. The molecular weight excluding hydrogens is 857 g/mol. The fourth-order valence-electron chi connectivity index (χ4n) is 7.21. The van der Waals surface area contributed by atoms with E-state index in [0.717, 1.165) is 11.1 Å². The molecule has 318 valence electrons. The standard InChI is InChI=1S/C44H44Cl3NO11S/c1-3-60-42-32(48-43(51)44(45,46)47)35(34-31(55-42)25-53-40(58-34)30-22-14-7-15-23-30)59-41-37(52-24-27-16-8-4-9-17-27)36(57-39(50)29-20-12-6-13-21-29)33(26(2)54-41)56-38(49)28-18-10-5-11-19-28/h4-23,26,31-37,40-42H,3,24-25H2,1-2H3,(H,48,51)/t26-,31+,32+,33+,34+,35+,36+,37-,40?,41-,42-/m0/s1. The molecule has 12 nitrogen and oxygen atoms in total. The minimum absolute atomic E-state index is 0.0177. The van der Waals surface area contributed by atoms with Crippen molar-refractivity contribution in [2.24, 2.45) is 0 Å². The van der Waals surface area contributed by atoms with Crippen LogP contribution in [0.15, 0.2) is 121 Å². The highest BCUT2D eigenvalue weighted by Crippen LogP contribution is 2.41. The largest absolute Gasteiger partial charge is 0.452 e. The van der Waals surface area contributed by atoms with E-state index in [4.69, 9.17) is 72.7 Å². The van der Waals surface area contributed by atoms with Crippen molar-refractivity contribution in [3.05, 3.63) is 144 Å². The summed E-state index contributed by atoms with van der Waals surface area (Å²) in [7, 11) is 0. The molecule has 4 aromatic rings. The van der Waals surface area contributed by atoms with Crippen LogP contribution in [0, 0.1) is 0 Å². The normalized spacial score (nSPS) is 29.1. The van der Waals surface area contributed by atoms with Crippen LogP contribution in [0.3, 0.4) is 0 Å². The zero-order valence-corrected chi connectivity index (χ0v) is 35.6. The van der Waals surface area contributed by atoms with Crippen molar-refractivity contribution < 1.29 is 52.3 Å². The van der Waals surface area contributed by atoms with Gasteiger partial charge in [0.15, 0.2) is 24.8 Å². The van der Waals surface area contributed by atoms with Crippen LogP contribution in [0.1, 0.15) is 52.0 Å². The second kappa shape index (κ2) is 20.4.